The van der Waals surface area contributed by atoms with E-state index in [0.29, 0.717) is 44.9 Å². The van der Waals surface area contributed by atoms with Crippen LogP contribution in [0.15, 0.2) is 23.6 Å². The molecule has 0 unspecified atom stereocenters. The first-order valence-electron chi connectivity index (χ1n) is 9.18. The zero-order chi connectivity index (χ0) is 19.3. The van der Waals surface area contributed by atoms with Crippen LogP contribution in [0.1, 0.15) is 36.2 Å². The number of carbonyl (C=O) groups is 1. The van der Waals surface area contributed by atoms with Crippen molar-refractivity contribution in [1.82, 2.24) is 20.2 Å². The molecule has 0 radical (unpaired) electrons. The number of hydrogen-bond donors (Lipinski definition) is 2. The van der Waals surface area contributed by atoms with Crippen LogP contribution >= 0.6 is 11.3 Å². The second-order valence-electron chi connectivity index (χ2n) is 6.75. The number of amides is 1. The van der Waals surface area contributed by atoms with Gasteiger partial charge in [-0.2, -0.15) is 0 Å². The summed E-state index contributed by atoms with van der Waals surface area (Å²) < 4.78 is 5.15. The number of pyridine rings is 1. The minimum Gasteiger partial charge on any atom is -0.481 e. The van der Waals surface area contributed by atoms with Gasteiger partial charge in [0.05, 0.1) is 25.0 Å². The largest absolute Gasteiger partial charge is 0.481 e. The second-order valence-corrected chi connectivity index (χ2v) is 7.69. The molecule has 1 aliphatic heterocycles. The number of aryl methyl sites for hydroxylation is 1. The molecule has 0 atom stereocenters. The number of carbonyl (C=O) groups excluding carboxylic acids is 1. The lowest BCUT2D eigenvalue weighted by atomic mass is 9.90. The van der Waals surface area contributed by atoms with Crippen LogP contribution in [0.2, 0.25) is 0 Å². The highest BCUT2D eigenvalue weighted by Gasteiger charge is 2.39. The summed E-state index contributed by atoms with van der Waals surface area (Å²) in [5, 5.41) is 16.4. The summed E-state index contributed by atoms with van der Waals surface area (Å²) in [6.07, 6.45) is 1.69. The normalized spacial score (nSPS) is 16.9. The van der Waals surface area contributed by atoms with Crippen LogP contribution in [-0.2, 0) is 24.3 Å². The highest BCUT2D eigenvalue weighted by Crippen LogP contribution is 2.24. The minimum absolute atomic E-state index is 0.310. The van der Waals surface area contributed by atoms with Gasteiger partial charge in [0.25, 0.3) is 5.91 Å². The number of methoxy groups -OCH3 is 1. The van der Waals surface area contributed by atoms with Gasteiger partial charge >= 0.3 is 0 Å². The molecule has 1 aliphatic rings. The Kier molecular flexibility index (Phi) is 6.41. The zero-order valence-corrected chi connectivity index (χ0v) is 16.6. The van der Waals surface area contributed by atoms with Gasteiger partial charge in [0, 0.05) is 31.1 Å². The van der Waals surface area contributed by atoms with E-state index >= 15 is 0 Å². The molecule has 27 heavy (non-hydrogen) atoms. The molecule has 0 aromatic carbocycles. The van der Waals surface area contributed by atoms with Crippen LogP contribution in [0.5, 0.6) is 5.88 Å². The standard InChI is InChI=1S/C19H26N4O3S/c1-3-14-13-27-17(22-14)11-20-18(24)19(25)7-9-23(10-8-19)12-15-5-4-6-16(21-15)26-2/h4-6,13,25H,3,7-12H2,1-2H3,(H,20,24). The van der Waals surface area contributed by atoms with Crippen molar-refractivity contribution in [2.75, 3.05) is 20.2 Å². The molecule has 1 amide bonds. The molecule has 3 rings (SSSR count). The van der Waals surface area contributed by atoms with E-state index in [0.717, 1.165) is 22.8 Å². The van der Waals surface area contributed by atoms with Crippen molar-refractivity contribution in [3.05, 3.63) is 40.0 Å². The van der Waals surface area contributed by atoms with Crippen LogP contribution in [-0.4, -0.2) is 51.7 Å². The van der Waals surface area contributed by atoms with Gasteiger partial charge in [-0.1, -0.05) is 13.0 Å². The number of aromatic nitrogens is 2. The van der Waals surface area contributed by atoms with E-state index in [1.807, 2.05) is 23.6 Å². The van der Waals surface area contributed by atoms with Gasteiger partial charge in [0.2, 0.25) is 5.88 Å². The maximum Gasteiger partial charge on any atom is 0.252 e. The Bertz CT molecular complexity index is 772. The highest BCUT2D eigenvalue weighted by atomic mass is 32.1. The summed E-state index contributed by atoms with van der Waals surface area (Å²) in [5.41, 5.74) is 0.630. The summed E-state index contributed by atoms with van der Waals surface area (Å²) in [5.74, 6) is 0.281. The molecule has 0 bridgehead atoms. The lowest BCUT2D eigenvalue weighted by Crippen LogP contribution is -2.53. The van der Waals surface area contributed by atoms with E-state index < -0.39 is 5.60 Å². The molecular formula is C19H26N4O3S. The Morgan fingerprint density at radius 3 is 2.78 bits per heavy atom. The number of hydrogen-bond acceptors (Lipinski definition) is 7. The molecule has 0 aliphatic carbocycles. The molecule has 3 heterocycles. The fourth-order valence-corrected chi connectivity index (χ4v) is 3.93. The Morgan fingerprint density at radius 1 is 1.33 bits per heavy atom. The first-order chi connectivity index (χ1) is 13.0. The Hall–Kier alpha value is -2.03. The van der Waals surface area contributed by atoms with Gasteiger partial charge in [-0.3, -0.25) is 9.69 Å². The van der Waals surface area contributed by atoms with Crippen molar-refractivity contribution in [2.45, 2.75) is 44.9 Å². The van der Waals surface area contributed by atoms with Crippen molar-refractivity contribution >= 4 is 17.2 Å². The fraction of sp³-hybridized carbons (Fsp3) is 0.526. The van der Waals surface area contributed by atoms with Crippen LogP contribution in [0, 0.1) is 0 Å². The molecule has 2 aromatic heterocycles. The quantitative estimate of drug-likeness (QED) is 0.749. The molecule has 146 valence electrons. The summed E-state index contributed by atoms with van der Waals surface area (Å²) in [7, 11) is 1.60. The number of rotatable bonds is 7. The van der Waals surface area contributed by atoms with Crippen LogP contribution < -0.4 is 10.1 Å². The summed E-state index contributed by atoms with van der Waals surface area (Å²) in [6.45, 7) is 4.37. The molecule has 8 heteroatoms. The summed E-state index contributed by atoms with van der Waals surface area (Å²) >= 11 is 1.53. The van der Waals surface area contributed by atoms with Crippen LogP contribution in [0.4, 0.5) is 0 Å². The number of ether oxygens (including phenoxy) is 1. The van der Waals surface area contributed by atoms with E-state index in [1.165, 1.54) is 11.3 Å². The number of nitrogens with zero attached hydrogens (tertiary/aromatic N) is 3. The topological polar surface area (TPSA) is 87.6 Å². The summed E-state index contributed by atoms with van der Waals surface area (Å²) in [6, 6.07) is 5.68. The molecule has 0 spiro atoms. The van der Waals surface area contributed by atoms with E-state index in [4.69, 9.17) is 4.74 Å². The number of aliphatic hydroxyl groups is 1. The number of nitrogens with one attached hydrogen (secondary N) is 1. The third-order valence-corrected chi connectivity index (χ3v) is 5.74. The molecule has 0 saturated carbocycles. The predicted molar refractivity (Wildman–Crippen MR) is 104 cm³/mol. The Morgan fingerprint density at radius 2 is 2.11 bits per heavy atom. The van der Waals surface area contributed by atoms with Crippen molar-refractivity contribution in [3.63, 3.8) is 0 Å². The SMILES string of the molecule is CCc1csc(CNC(=O)C2(O)CCN(Cc3cccc(OC)n3)CC2)n1. The van der Waals surface area contributed by atoms with Gasteiger partial charge in [-0.05, 0) is 25.3 Å². The number of piperidine rings is 1. The molecular weight excluding hydrogens is 364 g/mol. The van der Waals surface area contributed by atoms with Gasteiger partial charge in [-0.15, -0.1) is 11.3 Å². The maximum absolute atomic E-state index is 12.5. The molecule has 1 fully saturated rings. The monoisotopic (exact) mass is 390 g/mol. The third-order valence-electron chi connectivity index (χ3n) is 4.84. The smallest absolute Gasteiger partial charge is 0.252 e. The van der Waals surface area contributed by atoms with E-state index in [-0.39, 0.29) is 5.91 Å². The predicted octanol–water partition coefficient (Wildman–Crippen LogP) is 1.75. The maximum atomic E-state index is 12.5. The number of thiazole rings is 1. The summed E-state index contributed by atoms with van der Waals surface area (Å²) in [4.78, 5) is 23.5. The van der Waals surface area contributed by atoms with E-state index in [2.05, 4.69) is 27.1 Å². The van der Waals surface area contributed by atoms with Gasteiger partial charge in [0.15, 0.2) is 0 Å². The van der Waals surface area contributed by atoms with Gasteiger partial charge in [0.1, 0.15) is 10.6 Å². The third kappa shape index (κ3) is 5.03. The van der Waals surface area contributed by atoms with Gasteiger partial charge in [-0.25, -0.2) is 9.97 Å². The van der Waals surface area contributed by atoms with E-state index in [1.54, 1.807) is 7.11 Å². The number of likely N-dealkylation sites (tertiary alicyclic amines) is 1. The Balaban J connectivity index is 1.49. The molecule has 1 saturated heterocycles. The molecule has 2 aromatic rings. The van der Waals surface area contributed by atoms with Crippen LogP contribution in [0.25, 0.3) is 0 Å². The lowest BCUT2D eigenvalue weighted by molar-refractivity contribution is -0.145. The average Bonchev–Trinajstić information content (AvgIpc) is 3.16. The molecule has 2 N–H and O–H groups in total. The fourth-order valence-electron chi connectivity index (χ4n) is 3.11. The van der Waals surface area contributed by atoms with Crippen LogP contribution in [0.3, 0.4) is 0 Å². The Labute approximate surface area is 163 Å². The first-order valence-corrected chi connectivity index (χ1v) is 10.1. The van der Waals surface area contributed by atoms with Crippen molar-refractivity contribution in [1.29, 1.82) is 0 Å². The zero-order valence-electron chi connectivity index (χ0n) is 15.8. The minimum atomic E-state index is -1.32. The highest BCUT2D eigenvalue weighted by molar-refractivity contribution is 7.09. The lowest BCUT2D eigenvalue weighted by Gasteiger charge is -2.36. The van der Waals surface area contributed by atoms with Gasteiger partial charge < -0.3 is 15.2 Å². The van der Waals surface area contributed by atoms with Crippen molar-refractivity contribution < 1.29 is 14.6 Å². The van der Waals surface area contributed by atoms with Crippen molar-refractivity contribution in [2.24, 2.45) is 0 Å². The van der Waals surface area contributed by atoms with Crippen molar-refractivity contribution in [3.8, 4) is 5.88 Å². The molecule has 7 nitrogen and oxygen atoms in total. The first kappa shape index (κ1) is 19.7. The average molecular weight is 391 g/mol. The second kappa shape index (κ2) is 8.77. The van der Waals surface area contributed by atoms with E-state index in [9.17, 15) is 9.90 Å².